The second kappa shape index (κ2) is 5.84. The zero-order valence-corrected chi connectivity index (χ0v) is 13.2. The van der Waals surface area contributed by atoms with Crippen LogP contribution in [-0.2, 0) is 19.1 Å². The van der Waals surface area contributed by atoms with Gasteiger partial charge in [0.05, 0.1) is 27.0 Å². The van der Waals surface area contributed by atoms with E-state index in [2.05, 4.69) is 15.3 Å². The maximum Gasteiger partial charge on any atom is 0.355 e. The number of fused-ring (bicyclic) bond motifs is 1. The van der Waals surface area contributed by atoms with Crippen molar-refractivity contribution < 1.29 is 28.6 Å². The Morgan fingerprint density at radius 2 is 1.92 bits per heavy atom. The lowest BCUT2D eigenvalue weighted by atomic mass is 9.99. The number of carbonyl (C=O) groups is 3. The van der Waals surface area contributed by atoms with E-state index in [1.54, 1.807) is 12.1 Å². The molecule has 1 N–H and O–H groups in total. The molecule has 2 atom stereocenters. The third-order valence-electron chi connectivity index (χ3n) is 3.95. The predicted octanol–water partition coefficient (Wildman–Crippen LogP) is -0.306. The van der Waals surface area contributed by atoms with Gasteiger partial charge in [0.2, 0.25) is 5.91 Å². The summed E-state index contributed by atoms with van der Waals surface area (Å²) in [5.74, 6) is -2.10. The van der Waals surface area contributed by atoms with Crippen LogP contribution in [0.25, 0.3) is 0 Å². The van der Waals surface area contributed by atoms with Gasteiger partial charge < -0.3 is 14.2 Å². The number of hydrogen-bond donors (Lipinski definition) is 1. The van der Waals surface area contributed by atoms with Crippen LogP contribution in [0.4, 0.5) is 5.69 Å². The van der Waals surface area contributed by atoms with Gasteiger partial charge in [-0.2, -0.15) is 5.10 Å². The summed E-state index contributed by atoms with van der Waals surface area (Å²) in [5.41, 5.74) is 2.66. The molecule has 0 unspecified atom stereocenters. The lowest BCUT2D eigenvalue weighted by molar-refractivity contribution is -0.133. The number of nitrogens with one attached hydrogen (secondary N) is 1. The van der Waals surface area contributed by atoms with Gasteiger partial charge in [0.25, 0.3) is 5.91 Å². The minimum absolute atomic E-state index is 0.120. The number of nitrogens with zero attached hydrogens (tertiary/aromatic N) is 2. The van der Waals surface area contributed by atoms with Crippen LogP contribution in [0.15, 0.2) is 23.3 Å². The summed E-state index contributed by atoms with van der Waals surface area (Å²) in [7, 11) is 4.08. The summed E-state index contributed by atoms with van der Waals surface area (Å²) in [6.45, 7) is 0. The van der Waals surface area contributed by atoms with Crippen molar-refractivity contribution in [3.63, 3.8) is 0 Å². The van der Waals surface area contributed by atoms with Crippen molar-refractivity contribution in [1.82, 2.24) is 5.43 Å². The molecule has 1 aromatic carbocycles. The van der Waals surface area contributed by atoms with E-state index < -0.39 is 29.7 Å². The number of rotatable bonds is 4. The summed E-state index contributed by atoms with van der Waals surface area (Å²) in [6.07, 6.45) is 0. The molecule has 0 aromatic heterocycles. The lowest BCUT2D eigenvalue weighted by Crippen LogP contribution is -2.36. The second-order valence-corrected chi connectivity index (χ2v) is 5.12. The van der Waals surface area contributed by atoms with Crippen molar-refractivity contribution in [2.75, 3.05) is 26.2 Å². The van der Waals surface area contributed by atoms with Crippen molar-refractivity contribution >= 4 is 29.2 Å². The van der Waals surface area contributed by atoms with Crippen molar-refractivity contribution in [2.24, 2.45) is 11.0 Å². The van der Waals surface area contributed by atoms with Gasteiger partial charge >= 0.3 is 5.97 Å². The fourth-order valence-corrected chi connectivity index (χ4v) is 2.77. The molecule has 2 aliphatic rings. The average Bonchev–Trinajstić information content (AvgIpc) is 3.14. The molecule has 2 amide bonds. The molecule has 0 spiro atoms. The van der Waals surface area contributed by atoms with Gasteiger partial charge in [-0.3, -0.25) is 15.0 Å². The average molecular weight is 333 g/mol. The molecular formula is C15H15N3O6. The zero-order valence-electron chi connectivity index (χ0n) is 13.2. The van der Waals surface area contributed by atoms with Gasteiger partial charge in [0, 0.05) is 6.07 Å². The molecule has 1 aromatic rings. The molecule has 0 radical (unpaired) electrons. The first kappa shape index (κ1) is 15.8. The minimum Gasteiger partial charge on any atom is -0.497 e. The molecule has 1 fully saturated rings. The topological polar surface area (TPSA) is 107 Å². The fourth-order valence-electron chi connectivity index (χ4n) is 2.77. The maximum absolute atomic E-state index is 12.8. The number of carbonyl (C=O) groups excluding carboxylic acids is 3. The van der Waals surface area contributed by atoms with Crippen molar-refractivity contribution in [3.05, 3.63) is 18.2 Å². The van der Waals surface area contributed by atoms with Gasteiger partial charge in [-0.15, -0.1) is 0 Å². The molecule has 0 aliphatic carbocycles. The quantitative estimate of drug-likeness (QED) is 0.595. The molecule has 0 saturated carbocycles. The third-order valence-corrected chi connectivity index (χ3v) is 3.95. The number of methoxy groups -OCH3 is 3. The Hall–Kier alpha value is -3.10. The highest BCUT2D eigenvalue weighted by atomic mass is 16.5. The van der Waals surface area contributed by atoms with E-state index in [9.17, 15) is 14.4 Å². The molecule has 9 nitrogen and oxygen atoms in total. The monoisotopic (exact) mass is 333 g/mol. The molecular weight excluding hydrogens is 318 g/mol. The normalized spacial score (nSPS) is 22.0. The van der Waals surface area contributed by atoms with Gasteiger partial charge in [-0.05, 0) is 12.1 Å². The predicted molar refractivity (Wildman–Crippen MR) is 81.9 cm³/mol. The Morgan fingerprint density at radius 1 is 1.17 bits per heavy atom. The van der Waals surface area contributed by atoms with Crippen LogP contribution in [0.1, 0.15) is 0 Å². The third kappa shape index (κ3) is 2.16. The van der Waals surface area contributed by atoms with E-state index in [1.807, 2.05) is 0 Å². The molecule has 9 heteroatoms. The van der Waals surface area contributed by atoms with E-state index in [0.717, 1.165) is 4.90 Å². The highest BCUT2D eigenvalue weighted by Gasteiger charge is 2.56. The van der Waals surface area contributed by atoms with E-state index in [1.165, 1.54) is 27.4 Å². The van der Waals surface area contributed by atoms with E-state index in [-0.39, 0.29) is 11.4 Å². The Balaban J connectivity index is 2.03. The van der Waals surface area contributed by atoms with E-state index >= 15 is 0 Å². The van der Waals surface area contributed by atoms with E-state index in [0.29, 0.717) is 11.5 Å². The summed E-state index contributed by atoms with van der Waals surface area (Å²) in [6, 6.07) is 3.81. The summed E-state index contributed by atoms with van der Waals surface area (Å²) in [4.78, 5) is 38.1. The standard InChI is InChI=1S/C15H15N3O6/c1-22-7-4-5-9(23-2)8(6-7)18-13(19)10-11(14(18)20)16-17-12(10)15(21)24-3/h4-6,10-11,16H,1-3H3/t10-,11-/m0/s1. The number of ether oxygens (including phenoxy) is 3. The van der Waals surface area contributed by atoms with Crippen molar-refractivity contribution in [2.45, 2.75) is 6.04 Å². The van der Waals surface area contributed by atoms with Crippen molar-refractivity contribution in [1.29, 1.82) is 0 Å². The van der Waals surface area contributed by atoms with Crippen LogP contribution >= 0.6 is 0 Å². The van der Waals surface area contributed by atoms with Crippen LogP contribution in [-0.4, -0.2) is 50.9 Å². The highest BCUT2D eigenvalue weighted by Crippen LogP contribution is 2.38. The number of anilines is 1. The second-order valence-electron chi connectivity index (χ2n) is 5.12. The van der Waals surface area contributed by atoms with Crippen LogP contribution < -0.4 is 19.8 Å². The summed E-state index contributed by atoms with van der Waals surface area (Å²) in [5, 5.41) is 3.76. The van der Waals surface area contributed by atoms with Crippen LogP contribution in [0, 0.1) is 5.92 Å². The summed E-state index contributed by atoms with van der Waals surface area (Å²) < 4.78 is 15.0. The first-order valence-corrected chi connectivity index (χ1v) is 7.04. The zero-order chi connectivity index (χ0) is 17.4. The molecule has 126 valence electrons. The molecule has 2 heterocycles. The minimum atomic E-state index is -1.03. The molecule has 3 rings (SSSR count). The highest BCUT2D eigenvalue weighted by molar-refractivity contribution is 6.46. The van der Waals surface area contributed by atoms with Crippen LogP contribution in [0.5, 0.6) is 11.5 Å². The first-order chi connectivity index (χ1) is 11.5. The van der Waals surface area contributed by atoms with Crippen LogP contribution in [0.2, 0.25) is 0 Å². The summed E-state index contributed by atoms with van der Waals surface area (Å²) >= 11 is 0. The van der Waals surface area contributed by atoms with Crippen molar-refractivity contribution in [3.8, 4) is 11.5 Å². The molecule has 1 saturated heterocycles. The number of hydrogen-bond acceptors (Lipinski definition) is 8. The number of benzene rings is 1. The van der Waals surface area contributed by atoms with Gasteiger partial charge in [-0.1, -0.05) is 0 Å². The number of esters is 1. The number of amides is 2. The SMILES string of the molecule is COC(=O)C1=NN[C@@H]2C(=O)N(c3cc(OC)ccc3OC)C(=O)[C@H]12. The molecule has 2 aliphatic heterocycles. The Kier molecular flexibility index (Phi) is 3.84. The Labute approximate surface area is 137 Å². The fraction of sp³-hybridized carbons (Fsp3) is 0.333. The smallest absolute Gasteiger partial charge is 0.355 e. The lowest BCUT2D eigenvalue weighted by Gasteiger charge is -2.19. The number of hydrazone groups is 1. The van der Waals surface area contributed by atoms with Gasteiger partial charge in [0.1, 0.15) is 23.5 Å². The van der Waals surface area contributed by atoms with Crippen LogP contribution in [0.3, 0.4) is 0 Å². The number of imide groups is 1. The Morgan fingerprint density at radius 3 is 2.54 bits per heavy atom. The molecule has 24 heavy (non-hydrogen) atoms. The largest absolute Gasteiger partial charge is 0.497 e. The van der Waals surface area contributed by atoms with Gasteiger partial charge in [0.15, 0.2) is 5.71 Å². The van der Waals surface area contributed by atoms with E-state index in [4.69, 9.17) is 9.47 Å². The Bertz CT molecular complexity index is 760. The van der Waals surface area contributed by atoms with Gasteiger partial charge in [-0.25, -0.2) is 9.69 Å². The maximum atomic E-state index is 12.8. The first-order valence-electron chi connectivity index (χ1n) is 7.04. The molecule has 0 bridgehead atoms.